The van der Waals surface area contributed by atoms with Gasteiger partial charge in [-0.3, -0.25) is 0 Å². The Balaban J connectivity index is 3.62. The number of likely N-dealkylation sites (N-methyl/N-ethyl adjacent to an activating group) is 1. The molecule has 0 atom stereocenters. The summed E-state index contributed by atoms with van der Waals surface area (Å²) in [5.74, 6) is 0. The number of nitrogens with one attached hydrogen (secondary N) is 1. The highest BCUT2D eigenvalue weighted by Gasteiger charge is 1.86. The molecule has 0 radical (unpaired) electrons. The zero-order chi connectivity index (χ0) is 6.57. The summed E-state index contributed by atoms with van der Waals surface area (Å²) in [7, 11) is 1.91. The van der Waals surface area contributed by atoms with Crippen molar-refractivity contribution in [3.8, 4) is 0 Å². The highest BCUT2D eigenvalue weighted by molar-refractivity contribution is 5.06. The van der Waals surface area contributed by atoms with Crippen molar-refractivity contribution in [3.63, 3.8) is 0 Å². The number of nitrogens with two attached hydrogens (primary N) is 1. The van der Waals surface area contributed by atoms with E-state index in [4.69, 9.17) is 5.73 Å². The molecule has 0 aliphatic heterocycles. The van der Waals surface area contributed by atoms with E-state index in [1.165, 1.54) is 5.57 Å². The largest absolute Gasteiger partial charge is 0.402 e. The Bertz CT molecular complexity index is 90.7. The summed E-state index contributed by atoms with van der Waals surface area (Å²) in [4.78, 5) is 0. The van der Waals surface area contributed by atoms with E-state index in [-0.39, 0.29) is 0 Å². The van der Waals surface area contributed by atoms with Crippen molar-refractivity contribution in [1.29, 1.82) is 0 Å². The van der Waals surface area contributed by atoms with Gasteiger partial charge in [-0.15, -0.1) is 0 Å². The maximum absolute atomic E-state index is 5.46. The minimum Gasteiger partial charge on any atom is -0.402 e. The minimum atomic E-state index is 0.891. The van der Waals surface area contributed by atoms with Crippen LogP contribution in [0.3, 0.4) is 0 Å². The summed E-state index contributed by atoms with van der Waals surface area (Å²) in [5, 5.41) is 3.01. The van der Waals surface area contributed by atoms with E-state index in [2.05, 4.69) is 5.32 Å². The lowest BCUT2D eigenvalue weighted by Gasteiger charge is -1.99. The van der Waals surface area contributed by atoms with Crippen LogP contribution in [0.15, 0.2) is 11.3 Å². The third kappa shape index (κ3) is 2.64. The SMILES string of the molecule is CNC/C(C)=C(\C)N. The molecule has 48 valence electrons. The molecule has 3 N–H and O–H groups in total. The van der Waals surface area contributed by atoms with Gasteiger partial charge in [0.1, 0.15) is 0 Å². The Kier molecular flexibility index (Phi) is 3.28. The van der Waals surface area contributed by atoms with E-state index < -0.39 is 0 Å². The first-order valence-electron chi connectivity index (χ1n) is 2.75. The van der Waals surface area contributed by atoms with Crippen LogP contribution in [0, 0.1) is 0 Å². The third-order valence-electron chi connectivity index (χ3n) is 1.12. The molecule has 0 unspecified atom stereocenters. The van der Waals surface area contributed by atoms with Crippen molar-refractivity contribution < 1.29 is 0 Å². The molecule has 0 aromatic heterocycles. The van der Waals surface area contributed by atoms with Crippen molar-refractivity contribution in [3.05, 3.63) is 11.3 Å². The molecular formula is C6H14N2. The normalized spacial score (nSPS) is 13.4. The molecule has 0 saturated heterocycles. The predicted octanol–water partition coefficient (Wildman–Crippen LogP) is 0.458. The van der Waals surface area contributed by atoms with E-state index in [1.54, 1.807) is 0 Å². The Hall–Kier alpha value is -0.500. The van der Waals surface area contributed by atoms with E-state index >= 15 is 0 Å². The molecule has 2 nitrogen and oxygen atoms in total. The molecule has 8 heavy (non-hydrogen) atoms. The standard InChI is InChI=1S/C6H14N2/c1-5(4-8-3)6(2)7/h8H,4,7H2,1-3H3/b6-5+. The van der Waals surface area contributed by atoms with Crippen LogP contribution in [0.1, 0.15) is 13.8 Å². The Morgan fingerprint density at radius 2 is 2.00 bits per heavy atom. The van der Waals surface area contributed by atoms with Gasteiger partial charge in [-0.05, 0) is 26.5 Å². The monoisotopic (exact) mass is 114 g/mol. The van der Waals surface area contributed by atoms with Crippen molar-refractivity contribution in [1.82, 2.24) is 5.32 Å². The second-order valence-electron chi connectivity index (χ2n) is 1.99. The van der Waals surface area contributed by atoms with Crippen LogP contribution in [0.4, 0.5) is 0 Å². The van der Waals surface area contributed by atoms with Crippen LogP contribution in [0.2, 0.25) is 0 Å². The average Bonchev–Trinajstić information content (AvgIpc) is 1.67. The molecule has 2 heteroatoms. The number of allylic oxidation sites excluding steroid dienone is 1. The van der Waals surface area contributed by atoms with Gasteiger partial charge < -0.3 is 11.1 Å². The molecule has 0 aliphatic rings. The number of hydrogen-bond donors (Lipinski definition) is 2. The highest BCUT2D eigenvalue weighted by atomic mass is 14.8. The van der Waals surface area contributed by atoms with Gasteiger partial charge in [-0.25, -0.2) is 0 Å². The quantitative estimate of drug-likeness (QED) is 0.547. The number of hydrogen-bond acceptors (Lipinski definition) is 2. The second-order valence-corrected chi connectivity index (χ2v) is 1.99. The molecule has 0 bridgehead atoms. The van der Waals surface area contributed by atoms with Crippen LogP contribution in [0.25, 0.3) is 0 Å². The molecule has 0 aromatic rings. The smallest absolute Gasteiger partial charge is 0.0178 e. The molecule has 0 aliphatic carbocycles. The van der Waals surface area contributed by atoms with E-state index in [1.807, 2.05) is 20.9 Å². The summed E-state index contributed by atoms with van der Waals surface area (Å²) >= 11 is 0. The van der Waals surface area contributed by atoms with Gasteiger partial charge in [-0.1, -0.05) is 0 Å². The molecule has 0 heterocycles. The van der Waals surface area contributed by atoms with Crippen LogP contribution < -0.4 is 11.1 Å². The Labute approximate surface area is 50.8 Å². The van der Waals surface area contributed by atoms with E-state index in [0.29, 0.717) is 0 Å². The van der Waals surface area contributed by atoms with Crippen LogP contribution in [-0.4, -0.2) is 13.6 Å². The summed E-state index contributed by atoms with van der Waals surface area (Å²) in [6, 6.07) is 0. The van der Waals surface area contributed by atoms with Crippen LogP contribution in [-0.2, 0) is 0 Å². The molecule has 0 aromatic carbocycles. The summed E-state index contributed by atoms with van der Waals surface area (Å²) in [6.07, 6.45) is 0. The average molecular weight is 114 g/mol. The fraction of sp³-hybridized carbons (Fsp3) is 0.667. The van der Waals surface area contributed by atoms with Crippen molar-refractivity contribution >= 4 is 0 Å². The van der Waals surface area contributed by atoms with Gasteiger partial charge in [-0.2, -0.15) is 0 Å². The second kappa shape index (κ2) is 3.50. The van der Waals surface area contributed by atoms with Crippen molar-refractivity contribution in [2.45, 2.75) is 13.8 Å². The fourth-order valence-electron chi connectivity index (χ4n) is 0.405. The molecule has 0 fully saturated rings. The first-order chi connectivity index (χ1) is 3.68. The molecule has 0 amide bonds. The maximum atomic E-state index is 5.46. The van der Waals surface area contributed by atoms with Gasteiger partial charge >= 0.3 is 0 Å². The topological polar surface area (TPSA) is 38.0 Å². The first kappa shape index (κ1) is 7.50. The van der Waals surface area contributed by atoms with Crippen molar-refractivity contribution in [2.75, 3.05) is 13.6 Å². The lowest BCUT2D eigenvalue weighted by molar-refractivity contribution is 0.866. The summed E-state index contributed by atoms with van der Waals surface area (Å²) in [5.41, 5.74) is 7.59. The van der Waals surface area contributed by atoms with Gasteiger partial charge in [0.2, 0.25) is 0 Å². The molecule has 0 saturated carbocycles. The predicted molar refractivity (Wildman–Crippen MR) is 36.5 cm³/mol. The molecular weight excluding hydrogens is 100 g/mol. The minimum absolute atomic E-state index is 0.891. The highest BCUT2D eigenvalue weighted by Crippen LogP contribution is 1.92. The fourth-order valence-corrected chi connectivity index (χ4v) is 0.405. The van der Waals surface area contributed by atoms with Gasteiger partial charge in [0, 0.05) is 12.2 Å². The lowest BCUT2D eigenvalue weighted by atomic mass is 10.2. The summed E-state index contributed by atoms with van der Waals surface area (Å²) < 4.78 is 0. The van der Waals surface area contributed by atoms with Crippen LogP contribution in [0.5, 0.6) is 0 Å². The number of rotatable bonds is 2. The lowest BCUT2D eigenvalue weighted by Crippen LogP contribution is -2.11. The Morgan fingerprint density at radius 3 is 2.12 bits per heavy atom. The van der Waals surface area contributed by atoms with Crippen LogP contribution >= 0.6 is 0 Å². The third-order valence-corrected chi connectivity index (χ3v) is 1.12. The first-order valence-corrected chi connectivity index (χ1v) is 2.75. The zero-order valence-electron chi connectivity index (χ0n) is 5.78. The molecule has 0 spiro atoms. The zero-order valence-corrected chi connectivity index (χ0v) is 5.78. The maximum Gasteiger partial charge on any atom is 0.0178 e. The summed E-state index contributed by atoms with van der Waals surface area (Å²) in [6.45, 7) is 4.82. The van der Waals surface area contributed by atoms with Gasteiger partial charge in [0.25, 0.3) is 0 Å². The van der Waals surface area contributed by atoms with E-state index in [9.17, 15) is 0 Å². The van der Waals surface area contributed by atoms with Gasteiger partial charge in [0.05, 0.1) is 0 Å². The van der Waals surface area contributed by atoms with Crippen molar-refractivity contribution in [2.24, 2.45) is 5.73 Å². The molecule has 0 rings (SSSR count). The van der Waals surface area contributed by atoms with E-state index in [0.717, 1.165) is 12.2 Å². The van der Waals surface area contributed by atoms with Gasteiger partial charge in [0.15, 0.2) is 0 Å². The Morgan fingerprint density at radius 1 is 1.50 bits per heavy atom.